The molecule has 6 aliphatic rings. The van der Waals surface area contributed by atoms with E-state index in [0.717, 1.165) is 21.5 Å². The second-order valence-corrected chi connectivity index (χ2v) is 35.6. The second-order valence-electron chi connectivity index (χ2n) is 27.3. The Balaban J connectivity index is 0.000000132. The van der Waals surface area contributed by atoms with Crippen molar-refractivity contribution >= 4 is 160 Å². The minimum Gasteiger partial charge on any atom is -0.355 e. The zero-order valence-electron chi connectivity index (χ0n) is 57.4. The van der Waals surface area contributed by atoms with Gasteiger partial charge in [0.25, 0.3) is 0 Å². The van der Waals surface area contributed by atoms with Crippen LogP contribution in [0.5, 0.6) is 0 Å². The summed E-state index contributed by atoms with van der Waals surface area (Å²) in [6.45, 7) is 0. The van der Waals surface area contributed by atoms with Gasteiger partial charge < -0.3 is 20.0 Å². The number of hydrogen-bond acceptors (Lipinski definition) is 8. The Hall–Kier alpha value is -11.9. The number of nitrogens with zero attached hydrogens (tertiary/aromatic N) is 7. The topological polar surface area (TPSA) is 73.3 Å². The SMILES string of the molecule is Brc1cncnc1.I.c1ccc(N2c3ccccc3[Si]3(c4ccccc42)c2ccccc2C2(c4ccccc4N(c4cncnc4)c4ccccc42)c2ccccc23)cc1.c1ccc(N2c3ccccc3[Si]3(c4ccccc42)c2ccccc2C2(c4ccccc4Nc4ccccc42)c2ccccc23)cc1. The monoisotopic (exact) mass is 1570 g/mol. The van der Waals surface area contributed by atoms with Crippen LogP contribution in [-0.4, -0.2) is 36.1 Å². The smallest absolute Gasteiger partial charge is 0.184 e. The van der Waals surface area contributed by atoms with E-state index in [4.69, 9.17) is 0 Å². The van der Waals surface area contributed by atoms with Crippen molar-refractivity contribution in [1.29, 1.82) is 0 Å². The number of fused-ring (bicyclic) bond motifs is 28. The molecule has 0 atom stereocenters. The van der Waals surface area contributed by atoms with Crippen LogP contribution in [-0.2, 0) is 10.8 Å². The van der Waals surface area contributed by atoms with E-state index in [1.165, 1.54) is 138 Å². The Morgan fingerprint density at radius 2 is 0.481 bits per heavy atom. The summed E-state index contributed by atoms with van der Waals surface area (Å²) in [5, 5.41) is 15.3. The lowest BCUT2D eigenvalue weighted by Crippen LogP contribution is -2.81. The van der Waals surface area contributed by atoms with E-state index in [0.29, 0.717) is 0 Å². The van der Waals surface area contributed by atoms with E-state index < -0.39 is 27.0 Å². The van der Waals surface area contributed by atoms with Crippen LogP contribution in [0.1, 0.15) is 44.5 Å². The molecule has 0 radical (unpaired) electrons. The van der Waals surface area contributed by atoms with Crippen LogP contribution in [0.3, 0.4) is 0 Å². The number of benzene rings is 14. The van der Waals surface area contributed by atoms with Crippen molar-refractivity contribution in [2.45, 2.75) is 10.8 Å². The van der Waals surface area contributed by atoms with Crippen molar-refractivity contribution in [3.63, 3.8) is 0 Å². The molecule has 1 N–H and O–H groups in total. The van der Waals surface area contributed by atoms with Crippen molar-refractivity contribution < 1.29 is 0 Å². The first-order valence-corrected chi connectivity index (χ1v) is 40.5. The molecule has 0 fully saturated rings. The quantitative estimate of drug-likeness (QED) is 0.139. The van der Waals surface area contributed by atoms with Crippen LogP contribution in [0.2, 0.25) is 0 Å². The van der Waals surface area contributed by atoms with Crippen LogP contribution in [0, 0.1) is 0 Å². The van der Waals surface area contributed by atoms with Crippen LogP contribution >= 0.6 is 39.9 Å². The lowest BCUT2D eigenvalue weighted by molar-refractivity contribution is 0.735. The first kappa shape index (κ1) is 64.9. The van der Waals surface area contributed by atoms with Gasteiger partial charge in [0.1, 0.15) is 12.7 Å². The molecule has 0 unspecified atom stereocenters. The molecule has 106 heavy (non-hydrogen) atoms. The fraction of sp³-hybridized carbons (Fsp3) is 0.0213. The zero-order chi connectivity index (χ0) is 69.7. The fourth-order valence-electron chi connectivity index (χ4n) is 19.0. The Kier molecular flexibility index (Phi) is 15.9. The molecule has 8 heterocycles. The number of rotatable bonds is 3. The van der Waals surface area contributed by atoms with Crippen molar-refractivity contribution in [2.24, 2.45) is 0 Å². The van der Waals surface area contributed by atoms with E-state index in [1.807, 2.05) is 12.4 Å². The first-order chi connectivity index (χ1) is 52.1. The Labute approximate surface area is 643 Å². The Morgan fingerprint density at radius 1 is 0.236 bits per heavy atom. The summed E-state index contributed by atoms with van der Waals surface area (Å²) in [4.78, 5) is 23.7. The highest BCUT2D eigenvalue weighted by atomic mass is 127. The first-order valence-electron chi connectivity index (χ1n) is 35.7. The van der Waals surface area contributed by atoms with Crippen molar-refractivity contribution in [3.05, 3.63) is 438 Å². The molecule has 0 saturated heterocycles. The highest BCUT2D eigenvalue weighted by molar-refractivity contribution is 14.0. The maximum absolute atomic E-state index is 4.46. The van der Waals surface area contributed by atoms with Crippen LogP contribution < -0.4 is 61.5 Å². The van der Waals surface area contributed by atoms with Gasteiger partial charge in [-0.3, -0.25) is 0 Å². The predicted molar refractivity (Wildman–Crippen MR) is 453 cm³/mol. The maximum atomic E-state index is 4.46. The van der Waals surface area contributed by atoms with E-state index >= 15 is 0 Å². The molecular formula is C94H66BrIN8Si2. The average molecular weight is 1570 g/mol. The number of aromatic nitrogens is 4. The van der Waals surface area contributed by atoms with Crippen molar-refractivity contribution in [3.8, 4) is 0 Å². The van der Waals surface area contributed by atoms with Gasteiger partial charge in [-0.2, -0.15) is 0 Å². The Morgan fingerprint density at radius 3 is 0.811 bits per heavy atom. The third kappa shape index (κ3) is 9.21. The lowest BCUT2D eigenvalue weighted by Gasteiger charge is -2.55. The van der Waals surface area contributed by atoms with Gasteiger partial charge in [-0.15, -0.1) is 24.0 Å². The largest absolute Gasteiger partial charge is 0.355 e. The van der Waals surface area contributed by atoms with Crippen molar-refractivity contribution in [1.82, 2.24) is 19.9 Å². The average Bonchev–Trinajstić information content (AvgIpc) is 0.659. The Bertz CT molecular complexity index is 5590. The standard InChI is InChI=1S/C47H32N4Si.C43H30N2Si.C4H3BrN2.HI/c1-2-16-33(17-3-1)50-41-24-10-14-28-45(41)52(46-29-15-11-25-42(46)50)43-26-12-6-20-37(43)47(38-21-7-13-27-44(38)52)35-18-4-8-22-39(35)51(34-30-48-32-49-31-34)40-23-9-5-19-36(40)47;1-2-16-30(17-3-1)45-37-24-10-14-28-41(37)46(42-29-15-11-25-38(42)45)39-26-12-6-20-33(39)43(34-21-7-13-27-40(34)46)31-18-4-8-22-35(31)44-36-23-9-5-19-32(36)43;5-4-1-6-3-7-2-4;/h1-32H;1-29,44H;1-3H;1H. The van der Waals surface area contributed by atoms with Gasteiger partial charge in [0, 0.05) is 57.9 Å². The van der Waals surface area contributed by atoms with Gasteiger partial charge in [-0.1, -0.05) is 279 Å². The van der Waals surface area contributed by atoms with Gasteiger partial charge >= 0.3 is 0 Å². The van der Waals surface area contributed by atoms with E-state index in [2.05, 4.69) is 408 Å². The number of para-hydroxylation sites is 10. The maximum Gasteiger partial charge on any atom is 0.184 e. The molecule has 4 spiro atoms. The summed E-state index contributed by atoms with van der Waals surface area (Å²) in [6, 6.07) is 132. The molecule has 0 bridgehead atoms. The van der Waals surface area contributed by atoms with E-state index in [9.17, 15) is 0 Å². The summed E-state index contributed by atoms with van der Waals surface area (Å²) < 4.78 is 0.912. The third-order valence-corrected chi connectivity index (χ3v) is 32.8. The van der Waals surface area contributed by atoms with Crippen LogP contribution in [0.15, 0.2) is 394 Å². The van der Waals surface area contributed by atoms with Gasteiger partial charge in [-0.05, 0) is 175 Å². The summed E-state index contributed by atoms with van der Waals surface area (Å²) >= 11 is 3.19. The van der Waals surface area contributed by atoms with Crippen LogP contribution in [0.4, 0.5) is 62.6 Å². The summed E-state index contributed by atoms with van der Waals surface area (Å²) in [7, 11) is -5.78. The number of nitrogens with one attached hydrogen (secondary N) is 1. The third-order valence-electron chi connectivity index (χ3n) is 22.5. The minimum absolute atomic E-state index is 0. The zero-order valence-corrected chi connectivity index (χ0v) is 63.3. The van der Waals surface area contributed by atoms with Gasteiger partial charge in [0.15, 0.2) is 16.1 Å². The summed E-state index contributed by atoms with van der Waals surface area (Å²) in [5.41, 5.74) is 22.5. The molecule has 504 valence electrons. The number of anilines is 11. The summed E-state index contributed by atoms with van der Waals surface area (Å²) in [6.07, 6.45) is 10.3. The van der Waals surface area contributed by atoms with Gasteiger partial charge in [-0.25, -0.2) is 19.9 Å². The fourth-order valence-corrected chi connectivity index (χ4v) is 30.5. The normalized spacial score (nSPS) is 14.7. The molecule has 0 saturated carbocycles. The second kappa shape index (κ2) is 26.0. The summed E-state index contributed by atoms with van der Waals surface area (Å²) in [5.74, 6) is 0. The molecule has 22 rings (SSSR count). The minimum atomic E-state index is -2.94. The van der Waals surface area contributed by atoms with Crippen molar-refractivity contribution in [2.75, 3.05) is 20.0 Å². The molecule has 12 heteroatoms. The number of halogens is 2. The van der Waals surface area contributed by atoms with Gasteiger partial charge in [0.05, 0.1) is 44.8 Å². The molecule has 0 aliphatic carbocycles. The van der Waals surface area contributed by atoms with E-state index in [-0.39, 0.29) is 24.0 Å². The molecular weight excluding hydrogens is 1500 g/mol. The highest BCUT2D eigenvalue weighted by Crippen LogP contribution is 2.60. The van der Waals surface area contributed by atoms with Crippen LogP contribution in [0.25, 0.3) is 0 Å². The molecule has 6 aliphatic heterocycles. The molecule has 14 aromatic carbocycles. The molecule has 8 nitrogen and oxygen atoms in total. The molecule has 0 amide bonds. The number of hydrogen-bond donors (Lipinski definition) is 1. The predicted octanol–water partition coefficient (Wildman–Crippen LogP) is 17.6. The van der Waals surface area contributed by atoms with E-state index in [1.54, 1.807) is 18.7 Å². The van der Waals surface area contributed by atoms with Gasteiger partial charge in [0.2, 0.25) is 0 Å². The highest BCUT2D eigenvalue weighted by Gasteiger charge is 2.62. The lowest BCUT2D eigenvalue weighted by atomic mass is 9.62. The molecule has 2 aromatic heterocycles. The molecule has 16 aromatic rings.